The molecule has 2 aromatic carbocycles. The fourth-order valence-electron chi connectivity index (χ4n) is 3.53. The van der Waals surface area contributed by atoms with Gasteiger partial charge in [-0.05, 0) is 54.0 Å². The lowest BCUT2D eigenvalue weighted by molar-refractivity contribution is -0.114. The van der Waals surface area contributed by atoms with Crippen molar-refractivity contribution in [2.75, 3.05) is 37.7 Å². The number of rotatable bonds is 4. The molecule has 0 radical (unpaired) electrons. The van der Waals surface area contributed by atoms with E-state index in [-0.39, 0.29) is 10.8 Å². The first kappa shape index (κ1) is 20.1. The lowest BCUT2D eigenvalue weighted by Gasteiger charge is -2.26. The van der Waals surface area contributed by atoms with Crippen LogP contribution in [0.5, 0.6) is 0 Å². The molecule has 6 nitrogen and oxygen atoms in total. The average molecular weight is 433 g/mol. The van der Waals surface area contributed by atoms with Crippen LogP contribution in [0.4, 0.5) is 5.69 Å². The lowest BCUT2D eigenvalue weighted by Crippen LogP contribution is -2.40. The molecule has 8 heteroatoms. The third kappa shape index (κ3) is 4.23. The Morgan fingerprint density at radius 3 is 2.48 bits per heavy atom. The molecule has 0 unspecified atom stereocenters. The van der Waals surface area contributed by atoms with Gasteiger partial charge < -0.3 is 9.64 Å². The topological polar surface area (TPSA) is 66.9 Å². The number of amides is 1. The number of halogens is 1. The van der Waals surface area contributed by atoms with E-state index in [9.17, 15) is 13.2 Å². The number of morpholine rings is 1. The van der Waals surface area contributed by atoms with Crippen molar-refractivity contribution in [2.24, 2.45) is 0 Å². The number of ether oxygens (including phenoxy) is 1. The highest BCUT2D eigenvalue weighted by molar-refractivity contribution is 7.89. The minimum Gasteiger partial charge on any atom is -0.379 e. The van der Waals surface area contributed by atoms with E-state index in [1.165, 1.54) is 10.4 Å². The van der Waals surface area contributed by atoms with E-state index in [4.69, 9.17) is 16.3 Å². The minimum absolute atomic E-state index is 0.137. The molecule has 0 spiro atoms. The quantitative estimate of drug-likeness (QED) is 0.696. The van der Waals surface area contributed by atoms with Crippen LogP contribution in [0.2, 0.25) is 5.02 Å². The van der Waals surface area contributed by atoms with Gasteiger partial charge in [0.15, 0.2) is 0 Å². The number of benzene rings is 2. The molecule has 0 aromatic heterocycles. The number of fused-ring (bicyclic) bond motifs is 1. The number of sulfonamides is 1. The predicted octanol–water partition coefficient (Wildman–Crippen LogP) is 2.96. The van der Waals surface area contributed by atoms with Crippen LogP contribution in [0.25, 0.3) is 6.08 Å². The first-order valence-electron chi connectivity index (χ1n) is 9.41. The van der Waals surface area contributed by atoms with Crippen LogP contribution in [0.1, 0.15) is 11.1 Å². The van der Waals surface area contributed by atoms with Crippen LogP contribution < -0.4 is 4.90 Å². The van der Waals surface area contributed by atoms with Crippen LogP contribution in [0, 0.1) is 0 Å². The summed E-state index contributed by atoms with van der Waals surface area (Å²) in [6.45, 7) is 2.07. The van der Waals surface area contributed by atoms with Gasteiger partial charge in [0, 0.05) is 36.4 Å². The van der Waals surface area contributed by atoms with E-state index in [2.05, 4.69) is 0 Å². The Kier molecular flexibility index (Phi) is 5.74. The van der Waals surface area contributed by atoms with Crippen LogP contribution in [-0.2, 0) is 26.0 Å². The fraction of sp³-hybridized carbons (Fsp3) is 0.286. The van der Waals surface area contributed by atoms with Crippen LogP contribution in [0.15, 0.2) is 53.4 Å². The van der Waals surface area contributed by atoms with Crippen LogP contribution >= 0.6 is 11.6 Å². The number of carbonyl (C=O) groups is 1. The average Bonchev–Trinajstić information content (AvgIpc) is 3.17. The van der Waals surface area contributed by atoms with Gasteiger partial charge in [-0.15, -0.1) is 0 Å². The van der Waals surface area contributed by atoms with Gasteiger partial charge in [-0.2, -0.15) is 4.31 Å². The summed E-state index contributed by atoms with van der Waals surface area (Å²) in [6, 6.07) is 12.2. The van der Waals surface area contributed by atoms with Gasteiger partial charge >= 0.3 is 0 Å². The summed E-state index contributed by atoms with van der Waals surface area (Å²) in [5.74, 6) is -0.137. The molecule has 152 valence electrons. The van der Waals surface area contributed by atoms with Crippen molar-refractivity contribution < 1.29 is 17.9 Å². The Hall–Kier alpha value is -2.19. The highest BCUT2D eigenvalue weighted by atomic mass is 35.5. The summed E-state index contributed by atoms with van der Waals surface area (Å²) >= 11 is 5.88. The molecule has 29 heavy (non-hydrogen) atoms. The number of nitrogens with zero attached hydrogens (tertiary/aromatic N) is 2. The van der Waals surface area contributed by atoms with E-state index in [0.29, 0.717) is 44.3 Å². The zero-order chi connectivity index (χ0) is 20.4. The maximum absolute atomic E-state index is 12.9. The largest absolute Gasteiger partial charge is 0.379 e. The molecular formula is C21H21ClN2O4S. The minimum atomic E-state index is -3.55. The van der Waals surface area contributed by atoms with E-state index >= 15 is 0 Å². The maximum Gasteiger partial charge on any atom is 0.251 e. The third-order valence-corrected chi connectivity index (χ3v) is 7.26. The first-order valence-corrected chi connectivity index (χ1v) is 11.2. The molecule has 0 saturated carbocycles. The third-order valence-electron chi connectivity index (χ3n) is 5.11. The van der Waals surface area contributed by atoms with Crippen molar-refractivity contribution in [3.63, 3.8) is 0 Å². The fourth-order valence-corrected chi connectivity index (χ4v) is 5.12. The molecule has 4 rings (SSSR count). The molecule has 0 N–H and O–H groups in total. The monoisotopic (exact) mass is 432 g/mol. The molecule has 1 saturated heterocycles. The van der Waals surface area contributed by atoms with E-state index in [0.717, 1.165) is 16.8 Å². The highest BCUT2D eigenvalue weighted by Gasteiger charge is 2.29. The van der Waals surface area contributed by atoms with Crippen LogP contribution in [0.3, 0.4) is 0 Å². The standard InChI is InChI=1S/C21H21ClN2O4S/c22-18-4-1-16(2-5-18)3-8-21(25)24-10-9-17-15-19(6-7-20(17)24)29(26,27)23-11-13-28-14-12-23/h1-8,15H,9-14H2/b8-3+. The predicted molar refractivity (Wildman–Crippen MR) is 113 cm³/mol. The maximum atomic E-state index is 12.9. The SMILES string of the molecule is O=C(/C=C/c1ccc(Cl)cc1)N1CCc2cc(S(=O)(=O)N3CCOCC3)ccc21. The summed E-state index contributed by atoms with van der Waals surface area (Å²) < 4.78 is 32.4. The molecule has 2 aliphatic heterocycles. The molecule has 2 heterocycles. The van der Waals surface area contributed by atoms with Crippen molar-refractivity contribution in [3.05, 3.63) is 64.7 Å². The molecular weight excluding hydrogens is 412 g/mol. The second kappa shape index (κ2) is 8.28. The smallest absolute Gasteiger partial charge is 0.251 e. The number of hydrogen-bond acceptors (Lipinski definition) is 4. The Labute approximate surface area is 175 Å². The van der Waals surface area contributed by atoms with Gasteiger partial charge in [-0.1, -0.05) is 23.7 Å². The Balaban J connectivity index is 1.52. The summed E-state index contributed by atoms with van der Waals surface area (Å²) in [5.41, 5.74) is 2.51. The second-order valence-electron chi connectivity index (χ2n) is 6.93. The molecule has 0 aliphatic carbocycles. The van der Waals surface area contributed by atoms with Gasteiger partial charge in [-0.25, -0.2) is 8.42 Å². The lowest BCUT2D eigenvalue weighted by atomic mass is 10.2. The van der Waals surface area contributed by atoms with Gasteiger partial charge in [0.1, 0.15) is 0 Å². The van der Waals surface area contributed by atoms with Crippen molar-refractivity contribution >= 4 is 39.3 Å². The Bertz CT molecular complexity index is 1040. The Morgan fingerprint density at radius 1 is 1.03 bits per heavy atom. The van der Waals surface area contributed by atoms with E-state index in [1.54, 1.807) is 41.3 Å². The van der Waals surface area contributed by atoms with E-state index in [1.807, 2.05) is 12.1 Å². The Morgan fingerprint density at radius 2 is 1.76 bits per heavy atom. The summed E-state index contributed by atoms with van der Waals surface area (Å²) in [5, 5.41) is 0.643. The van der Waals surface area contributed by atoms with E-state index < -0.39 is 10.0 Å². The van der Waals surface area contributed by atoms with Crippen molar-refractivity contribution in [1.29, 1.82) is 0 Å². The molecule has 1 fully saturated rings. The highest BCUT2D eigenvalue weighted by Crippen LogP contribution is 2.31. The first-order chi connectivity index (χ1) is 13.9. The zero-order valence-electron chi connectivity index (χ0n) is 15.8. The molecule has 1 amide bonds. The van der Waals surface area contributed by atoms with Crippen molar-refractivity contribution in [1.82, 2.24) is 4.31 Å². The van der Waals surface area contributed by atoms with Gasteiger partial charge in [0.05, 0.1) is 18.1 Å². The van der Waals surface area contributed by atoms with Gasteiger partial charge in [-0.3, -0.25) is 4.79 Å². The van der Waals surface area contributed by atoms with Gasteiger partial charge in [0.2, 0.25) is 10.0 Å². The second-order valence-corrected chi connectivity index (χ2v) is 9.31. The molecule has 2 aliphatic rings. The molecule has 2 aromatic rings. The van der Waals surface area contributed by atoms with Gasteiger partial charge in [0.25, 0.3) is 5.91 Å². The summed E-state index contributed by atoms with van der Waals surface area (Å²) in [6.07, 6.45) is 3.90. The number of carbonyl (C=O) groups excluding carboxylic acids is 1. The summed E-state index contributed by atoms with van der Waals surface area (Å²) in [7, 11) is -3.55. The number of anilines is 1. The normalized spacial score (nSPS) is 17.6. The van der Waals surface area contributed by atoms with Crippen molar-refractivity contribution in [2.45, 2.75) is 11.3 Å². The summed E-state index contributed by atoms with van der Waals surface area (Å²) in [4.78, 5) is 14.6. The zero-order valence-corrected chi connectivity index (χ0v) is 17.3. The van der Waals surface area contributed by atoms with Crippen LogP contribution in [-0.4, -0.2) is 51.5 Å². The van der Waals surface area contributed by atoms with Crippen molar-refractivity contribution in [3.8, 4) is 0 Å². The number of hydrogen-bond donors (Lipinski definition) is 0. The molecule has 0 atom stereocenters. The molecule has 0 bridgehead atoms.